The largest absolute Gasteiger partial charge is 0.395 e. The van der Waals surface area contributed by atoms with E-state index in [1.807, 2.05) is 0 Å². The lowest BCUT2D eigenvalue weighted by atomic mass is 10.1. The number of benzene rings is 2. The number of carbonyl (C=O) groups is 2. The molecule has 0 radical (unpaired) electrons. The third kappa shape index (κ3) is 5.25. The molecule has 33 heavy (non-hydrogen) atoms. The van der Waals surface area contributed by atoms with Crippen LogP contribution in [0, 0.1) is 0 Å². The van der Waals surface area contributed by atoms with E-state index in [9.17, 15) is 18.0 Å². The van der Waals surface area contributed by atoms with Crippen molar-refractivity contribution in [2.75, 3.05) is 27.2 Å². The minimum absolute atomic E-state index is 0.0328. The van der Waals surface area contributed by atoms with Crippen molar-refractivity contribution in [2.45, 2.75) is 0 Å². The van der Waals surface area contributed by atoms with Crippen LogP contribution < -0.4 is 10.6 Å². The maximum atomic E-state index is 12.8. The van der Waals surface area contributed by atoms with Gasteiger partial charge in [0.25, 0.3) is 11.8 Å². The Morgan fingerprint density at radius 1 is 1.12 bits per heavy atom. The molecule has 0 aliphatic carbocycles. The normalized spacial score (nSPS) is 12.2. The van der Waals surface area contributed by atoms with E-state index in [-0.39, 0.29) is 29.4 Å². The molecule has 3 rings (SSSR count). The first-order chi connectivity index (χ1) is 15.7. The van der Waals surface area contributed by atoms with Gasteiger partial charge in [0.2, 0.25) is 0 Å². The quantitative estimate of drug-likeness (QED) is 0.416. The predicted octanol–water partition coefficient (Wildman–Crippen LogP) is 1.83. The van der Waals surface area contributed by atoms with Crippen LogP contribution in [0.3, 0.4) is 0 Å². The number of rotatable bonds is 8. The summed E-state index contributed by atoms with van der Waals surface area (Å²) >= 11 is 6.10. The molecule has 0 saturated heterocycles. The number of aromatic nitrogens is 1. The minimum Gasteiger partial charge on any atom is -0.395 e. The van der Waals surface area contributed by atoms with Crippen LogP contribution in [0.15, 0.2) is 60.4 Å². The molecule has 2 aromatic carbocycles. The zero-order valence-electron chi connectivity index (χ0n) is 17.9. The Balaban J connectivity index is 2.12. The number of aliphatic hydroxyl groups excluding tert-OH is 1. The summed E-state index contributed by atoms with van der Waals surface area (Å²) in [7, 11) is -1.01. The van der Waals surface area contributed by atoms with Gasteiger partial charge in [0, 0.05) is 37.8 Å². The van der Waals surface area contributed by atoms with Gasteiger partial charge in [-0.2, -0.15) is 12.7 Å². The Morgan fingerprint density at radius 2 is 1.79 bits per heavy atom. The zero-order chi connectivity index (χ0) is 24.2. The van der Waals surface area contributed by atoms with Crippen molar-refractivity contribution in [1.29, 1.82) is 0 Å². The van der Waals surface area contributed by atoms with Crippen molar-refractivity contribution in [1.82, 2.24) is 18.9 Å². The molecule has 0 fully saturated rings. The summed E-state index contributed by atoms with van der Waals surface area (Å²) in [5.41, 5.74) is 0.825. The number of aliphatic hydroxyl groups is 1. The molecule has 3 aromatic rings. The van der Waals surface area contributed by atoms with E-state index >= 15 is 0 Å². The van der Waals surface area contributed by atoms with Crippen molar-refractivity contribution in [2.24, 2.45) is 0 Å². The number of fused-ring (bicyclic) bond motifs is 1. The fourth-order valence-corrected chi connectivity index (χ4v) is 4.30. The number of nitrogens with one attached hydrogen (secondary N) is 2. The maximum Gasteiger partial charge on any atom is 0.307 e. The van der Waals surface area contributed by atoms with Crippen molar-refractivity contribution in [3.05, 3.63) is 76.6 Å². The smallest absolute Gasteiger partial charge is 0.307 e. The summed E-state index contributed by atoms with van der Waals surface area (Å²) in [6, 6.07) is 13.1. The second-order valence-corrected chi connectivity index (χ2v) is 9.59. The van der Waals surface area contributed by atoms with Crippen LogP contribution in [0.25, 0.3) is 17.0 Å². The van der Waals surface area contributed by atoms with E-state index in [2.05, 4.69) is 10.6 Å². The second kappa shape index (κ2) is 10.2. The van der Waals surface area contributed by atoms with E-state index in [1.165, 1.54) is 32.4 Å². The molecular weight excluding hydrogens is 468 g/mol. The molecule has 9 nitrogen and oxygen atoms in total. The Labute approximate surface area is 196 Å². The van der Waals surface area contributed by atoms with Crippen molar-refractivity contribution in [3.8, 4) is 0 Å². The highest BCUT2D eigenvalue weighted by molar-refractivity contribution is 7.87. The van der Waals surface area contributed by atoms with Crippen LogP contribution in [0.1, 0.15) is 15.9 Å². The number of para-hydroxylation sites is 1. The molecule has 0 saturated carbocycles. The van der Waals surface area contributed by atoms with Gasteiger partial charge in [0.1, 0.15) is 5.70 Å². The number of hydrogen-bond donors (Lipinski definition) is 3. The topological polar surface area (TPSA) is 121 Å². The van der Waals surface area contributed by atoms with E-state index in [0.717, 1.165) is 8.28 Å². The van der Waals surface area contributed by atoms with E-state index in [4.69, 9.17) is 16.7 Å². The first-order valence-electron chi connectivity index (χ1n) is 9.86. The van der Waals surface area contributed by atoms with Gasteiger partial charge < -0.3 is 15.7 Å². The molecule has 0 aliphatic heterocycles. The van der Waals surface area contributed by atoms with Gasteiger partial charge in [-0.05, 0) is 24.3 Å². The summed E-state index contributed by atoms with van der Waals surface area (Å²) in [5.74, 6) is -1.27. The summed E-state index contributed by atoms with van der Waals surface area (Å²) in [6.45, 7) is -0.327. The molecule has 0 bridgehead atoms. The Morgan fingerprint density at radius 3 is 2.45 bits per heavy atom. The van der Waals surface area contributed by atoms with Gasteiger partial charge in [-0.1, -0.05) is 41.9 Å². The van der Waals surface area contributed by atoms with Gasteiger partial charge in [-0.3, -0.25) is 9.59 Å². The molecular formula is C22H23ClN4O5S. The van der Waals surface area contributed by atoms with Gasteiger partial charge in [0.15, 0.2) is 0 Å². The molecule has 0 atom stereocenters. The molecule has 174 valence electrons. The molecule has 2 amide bonds. The lowest BCUT2D eigenvalue weighted by molar-refractivity contribution is -0.117. The zero-order valence-corrected chi connectivity index (χ0v) is 19.5. The standard InChI is InChI=1S/C22H23ClN4O5S/c1-26(2)33(31,32)27-14-15(16-7-4-6-10-20(16)27)13-19(22(30)24-11-12-28)25-21(29)17-8-3-5-9-18(17)23/h3-10,13-14,28H,11-12H2,1-2H3,(H,24,30)(H,25,29). The fraction of sp³-hybridized carbons (Fsp3) is 0.182. The summed E-state index contributed by atoms with van der Waals surface area (Å²) < 4.78 is 27.8. The third-order valence-electron chi connectivity index (χ3n) is 4.73. The monoisotopic (exact) mass is 490 g/mol. The van der Waals surface area contributed by atoms with Gasteiger partial charge in [-0.25, -0.2) is 3.97 Å². The molecule has 0 aliphatic rings. The number of hydrogen-bond acceptors (Lipinski definition) is 5. The highest BCUT2D eigenvalue weighted by Gasteiger charge is 2.22. The third-order valence-corrected chi connectivity index (χ3v) is 6.78. The molecule has 11 heteroatoms. The van der Waals surface area contributed by atoms with Crippen LogP contribution in [-0.4, -0.2) is 60.9 Å². The van der Waals surface area contributed by atoms with E-state index in [0.29, 0.717) is 16.5 Å². The molecule has 0 unspecified atom stereocenters. The Hall–Kier alpha value is -3.18. The lowest BCUT2D eigenvalue weighted by Crippen LogP contribution is -2.36. The van der Waals surface area contributed by atoms with Crippen molar-refractivity contribution >= 4 is 50.6 Å². The fourth-order valence-electron chi connectivity index (χ4n) is 3.07. The Kier molecular flexibility index (Phi) is 7.54. The molecule has 1 heterocycles. The predicted molar refractivity (Wildman–Crippen MR) is 127 cm³/mol. The van der Waals surface area contributed by atoms with Crippen LogP contribution in [0.2, 0.25) is 5.02 Å². The summed E-state index contributed by atoms with van der Waals surface area (Å²) in [5, 5.41) is 14.9. The van der Waals surface area contributed by atoms with Crippen molar-refractivity contribution < 1.29 is 23.1 Å². The SMILES string of the molecule is CN(C)S(=O)(=O)n1cc(C=C(NC(=O)c2ccccc2Cl)C(=O)NCCO)c2ccccc21. The highest BCUT2D eigenvalue weighted by Crippen LogP contribution is 2.26. The number of halogens is 1. The minimum atomic E-state index is -3.84. The van der Waals surface area contributed by atoms with Gasteiger partial charge in [-0.15, -0.1) is 0 Å². The average molecular weight is 491 g/mol. The van der Waals surface area contributed by atoms with Crippen LogP contribution in [-0.2, 0) is 15.0 Å². The van der Waals surface area contributed by atoms with Crippen LogP contribution in [0.5, 0.6) is 0 Å². The summed E-state index contributed by atoms with van der Waals surface area (Å²) in [6.07, 6.45) is 2.76. The summed E-state index contributed by atoms with van der Waals surface area (Å²) in [4.78, 5) is 25.5. The number of amides is 2. The van der Waals surface area contributed by atoms with Crippen LogP contribution >= 0.6 is 11.6 Å². The van der Waals surface area contributed by atoms with Gasteiger partial charge in [0.05, 0.1) is 22.7 Å². The maximum absolute atomic E-state index is 12.8. The van der Waals surface area contributed by atoms with E-state index in [1.54, 1.807) is 42.5 Å². The molecule has 3 N–H and O–H groups in total. The molecule has 0 spiro atoms. The second-order valence-electron chi connectivity index (χ2n) is 7.16. The average Bonchev–Trinajstić information content (AvgIpc) is 3.16. The first-order valence-corrected chi connectivity index (χ1v) is 11.6. The Bertz CT molecular complexity index is 1330. The van der Waals surface area contributed by atoms with Crippen molar-refractivity contribution in [3.63, 3.8) is 0 Å². The molecule has 1 aromatic heterocycles. The van der Waals surface area contributed by atoms with E-state index < -0.39 is 22.0 Å². The number of nitrogens with zero attached hydrogens (tertiary/aromatic N) is 2. The lowest BCUT2D eigenvalue weighted by Gasteiger charge is -2.13. The highest BCUT2D eigenvalue weighted by atomic mass is 35.5. The van der Waals surface area contributed by atoms with Gasteiger partial charge >= 0.3 is 10.2 Å². The first kappa shape index (κ1) is 24.5. The number of carbonyl (C=O) groups excluding carboxylic acids is 2. The van der Waals surface area contributed by atoms with Crippen LogP contribution in [0.4, 0.5) is 0 Å².